The Hall–Kier alpha value is -1.55. The smallest absolute Gasteiger partial charge is 0.247 e. The fourth-order valence-electron chi connectivity index (χ4n) is 2.10. The van der Waals surface area contributed by atoms with Crippen LogP contribution in [0.5, 0.6) is 0 Å². The Labute approximate surface area is 114 Å². The van der Waals surface area contributed by atoms with E-state index in [0.29, 0.717) is 12.3 Å². The first-order valence-electron chi connectivity index (χ1n) is 6.78. The summed E-state index contributed by atoms with van der Waals surface area (Å²) in [4.78, 5) is 13.9. The van der Waals surface area contributed by atoms with Crippen LogP contribution in [-0.2, 0) is 4.79 Å². The lowest BCUT2D eigenvalue weighted by Crippen LogP contribution is -2.40. The highest BCUT2D eigenvalue weighted by Crippen LogP contribution is 2.11. The molecule has 0 saturated heterocycles. The number of hydrogen-bond acceptors (Lipinski definition) is 3. The number of nitrogens with zero attached hydrogens (tertiary/aromatic N) is 1. The van der Waals surface area contributed by atoms with Crippen LogP contribution in [-0.4, -0.2) is 35.1 Å². The summed E-state index contributed by atoms with van der Waals surface area (Å²) < 4.78 is 5.38. The second-order valence-corrected chi connectivity index (χ2v) is 4.51. The van der Waals surface area contributed by atoms with E-state index >= 15 is 0 Å². The van der Waals surface area contributed by atoms with E-state index in [1.807, 2.05) is 32.9 Å². The quantitative estimate of drug-likeness (QED) is 0.771. The molecule has 19 heavy (non-hydrogen) atoms. The van der Waals surface area contributed by atoms with Crippen molar-refractivity contribution in [1.29, 1.82) is 0 Å². The summed E-state index contributed by atoms with van der Waals surface area (Å²) in [6, 6.07) is 3.85. The number of rotatable bonds is 7. The summed E-state index contributed by atoms with van der Waals surface area (Å²) in [5.74, 6) is 1.40. The molecule has 0 aliphatic heterocycles. The highest BCUT2D eigenvalue weighted by Gasteiger charge is 2.18. The van der Waals surface area contributed by atoms with Gasteiger partial charge in [-0.05, 0) is 38.0 Å². The maximum Gasteiger partial charge on any atom is 0.247 e. The van der Waals surface area contributed by atoms with Crippen LogP contribution in [0.1, 0.15) is 38.2 Å². The largest absolute Gasteiger partial charge is 0.462 e. The predicted octanol–water partition coefficient (Wildman–Crippen LogP) is 2.61. The van der Waals surface area contributed by atoms with E-state index < -0.39 is 0 Å². The minimum absolute atomic E-state index is 0.0179. The molecule has 1 aromatic rings. The third-order valence-corrected chi connectivity index (χ3v) is 3.16. The SMILES string of the molecule is CCC(CC)N(CCO)C(=O)/C=C/c1ccc(C)o1. The van der Waals surface area contributed by atoms with Gasteiger partial charge >= 0.3 is 0 Å². The Morgan fingerprint density at radius 2 is 2.11 bits per heavy atom. The van der Waals surface area contributed by atoms with Crippen LogP contribution in [0, 0.1) is 6.92 Å². The van der Waals surface area contributed by atoms with Gasteiger partial charge in [0.25, 0.3) is 0 Å². The Kier molecular flexibility index (Phi) is 6.36. The van der Waals surface area contributed by atoms with Crippen LogP contribution in [0.25, 0.3) is 6.08 Å². The molecule has 0 unspecified atom stereocenters. The average molecular weight is 265 g/mol. The van der Waals surface area contributed by atoms with Crippen molar-refractivity contribution in [2.75, 3.05) is 13.2 Å². The van der Waals surface area contributed by atoms with Gasteiger partial charge in [0.05, 0.1) is 6.61 Å². The molecule has 1 rings (SSSR count). The summed E-state index contributed by atoms with van der Waals surface area (Å²) in [7, 11) is 0. The van der Waals surface area contributed by atoms with Gasteiger partial charge in [0.2, 0.25) is 5.91 Å². The lowest BCUT2D eigenvalue weighted by molar-refractivity contribution is -0.129. The molecule has 0 spiro atoms. The summed E-state index contributed by atoms with van der Waals surface area (Å²) in [6.07, 6.45) is 4.94. The standard InChI is InChI=1S/C15H23NO3/c1-4-13(5-2)16(10-11-17)15(18)9-8-14-7-6-12(3)19-14/h6-9,13,17H,4-5,10-11H2,1-3H3/b9-8+. The summed E-state index contributed by atoms with van der Waals surface area (Å²) in [5, 5.41) is 9.08. The van der Waals surface area contributed by atoms with E-state index in [9.17, 15) is 4.79 Å². The minimum Gasteiger partial charge on any atom is -0.462 e. The van der Waals surface area contributed by atoms with Crippen LogP contribution in [0.4, 0.5) is 0 Å². The normalized spacial score (nSPS) is 11.4. The number of aliphatic hydroxyl groups excluding tert-OH is 1. The molecule has 0 aromatic carbocycles. The predicted molar refractivity (Wildman–Crippen MR) is 75.6 cm³/mol. The molecule has 0 fully saturated rings. The van der Waals surface area contributed by atoms with Gasteiger partial charge < -0.3 is 14.4 Å². The number of furan rings is 1. The van der Waals surface area contributed by atoms with Gasteiger partial charge in [-0.2, -0.15) is 0 Å². The van der Waals surface area contributed by atoms with Gasteiger partial charge in [0, 0.05) is 18.7 Å². The number of carbonyl (C=O) groups is 1. The zero-order chi connectivity index (χ0) is 14.3. The Morgan fingerprint density at radius 1 is 1.42 bits per heavy atom. The molecular weight excluding hydrogens is 242 g/mol. The van der Waals surface area contributed by atoms with Crippen LogP contribution >= 0.6 is 0 Å². The maximum absolute atomic E-state index is 12.2. The van der Waals surface area contributed by atoms with Crippen LogP contribution in [0.2, 0.25) is 0 Å². The van der Waals surface area contributed by atoms with Crippen molar-refractivity contribution in [1.82, 2.24) is 4.90 Å². The van der Waals surface area contributed by atoms with Crippen molar-refractivity contribution in [3.8, 4) is 0 Å². The lowest BCUT2D eigenvalue weighted by Gasteiger charge is -2.28. The van der Waals surface area contributed by atoms with E-state index in [1.165, 1.54) is 6.08 Å². The number of aliphatic hydroxyl groups is 1. The molecule has 0 saturated carbocycles. The molecule has 106 valence electrons. The number of hydrogen-bond donors (Lipinski definition) is 1. The molecule has 0 radical (unpaired) electrons. The third kappa shape index (κ3) is 4.56. The monoisotopic (exact) mass is 265 g/mol. The van der Waals surface area contributed by atoms with E-state index in [2.05, 4.69) is 0 Å². The first-order valence-corrected chi connectivity index (χ1v) is 6.78. The summed E-state index contributed by atoms with van der Waals surface area (Å²) in [5.41, 5.74) is 0. The Morgan fingerprint density at radius 3 is 2.58 bits per heavy atom. The fourth-order valence-corrected chi connectivity index (χ4v) is 2.10. The molecular formula is C15H23NO3. The zero-order valence-corrected chi connectivity index (χ0v) is 11.9. The number of aryl methyl sites for hydroxylation is 1. The second-order valence-electron chi connectivity index (χ2n) is 4.51. The van der Waals surface area contributed by atoms with Crippen molar-refractivity contribution < 1.29 is 14.3 Å². The molecule has 4 heteroatoms. The fraction of sp³-hybridized carbons (Fsp3) is 0.533. The first kappa shape index (κ1) is 15.5. The molecule has 1 aromatic heterocycles. The van der Waals surface area contributed by atoms with Gasteiger partial charge in [0.15, 0.2) is 0 Å². The van der Waals surface area contributed by atoms with Gasteiger partial charge in [-0.15, -0.1) is 0 Å². The van der Waals surface area contributed by atoms with E-state index in [1.54, 1.807) is 11.0 Å². The van der Waals surface area contributed by atoms with Crippen molar-refractivity contribution in [2.24, 2.45) is 0 Å². The van der Waals surface area contributed by atoms with E-state index in [4.69, 9.17) is 9.52 Å². The van der Waals surface area contributed by atoms with Gasteiger partial charge in [-0.3, -0.25) is 4.79 Å². The molecule has 0 aliphatic rings. The Bertz CT molecular complexity index is 419. The van der Waals surface area contributed by atoms with Crippen LogP contribution in [0.3, 0.4) is 0 Å². The summed E-state index contributed by atoms with van der Waals surface area (Å²) in [6.45, 7) is 6.31. The number of carbonyl (C=O) groups excluding carboxylic acids is 1. The maximum atomic E-state index is 12.2. The van der Waals surface area contributed by atoms with Gasteiger partial charge in [-0.25, -0.2) is 0 Å². The molecule has 0 atom stereocenters. The molecule has 0 bridgehead atoms. The van der Waals surface area contributed by atoms with E-state index in [0.717, 1.165) is 18.6 Å². The minimum atomic E-state index is -0.0863. The lowest BCUT2D eigenvalue weighted by atomic mass is 10.1. The molecule has 0 aliphatic carbocycles. The molecule has 1 amide bonds. The highest BCUT2D eigenvalue weighted by atomic mass is 16.3. The molecule has 4 nitrogen and oxygen atoms in total. The van der Waals surface area contributed by atoms with Crippen molar-refractivity contribution in [3.63, 3.8) is 0 Å². The van der Waals surface area contributed by atoms with Gasteiger partial charge in [0.1, 0.15) is 11.5 Å². The van der Waals surface area contributed by atoms with E-state index in [-0.39, 0.29) is 18.6 Å². The topological polar surface area (TPSA) is 53.7 Å². The van der Waals surface area contributed by atoms with Crippen molar-refractivity contribution in [2.45, 2.75) is 39.7 Å². The molecule has 1 heterocycles. The Balaban J connectivity index is 2.73. The van der Waals surface area contributed by atoms with Gasteiger partial charge in [-0.1, -0.05) is 13.8 Å². The van der Waals surface area contributed by atoms with Crippen LogP contribution < -0.4 is 0 Å². The third-order valence-electron chi connectivity index (χ3n) is 3.16. The first-order chi connectivity index (χ1) is 9.12. The highest BCUT2D eigenvalue weighted by molar-refractivity contribution is 5.91. The molecule has 1 N–H and O–H groups in total. The van der Waals surface area contributed by atoms with Crippen LogP contribution in [0.15, 0.2) is 22.6 Å². The second kappa shape index (κ2) is 7.79. The number of amides is 1. The summed E-state index contributed by atoms with van der Waals surface area (Å²) >= 11 is 0. The van der Waals surface area contributed by atoms with Crippen molar-refractivity contribution >= 4 is 12.0 Å². The average Bonchev–Trinajstić information content (AvgIpc) is 2.82. The van der Waals surface area contributed by atoms with Crippen molar-refractivity contribution in [3.05, 3.63) is 29.7 Å². The zero-order valence-electron chi connectivity index (χ0n) is 11.9.